The second-order valence-corrected chi connectivity index (χ2v) is 2.56. The minimum Gasteiger partial charge on any atom is -0.348 e. The molecule has 1 heterocycles. The van der Waals surface area contributed by atoms with Crippen LogP contribution in [0.5, 0.6) is 0 Å². The first kappa shape index (κ1) is 6.46. The van der Waals surface area contributed by atoms with Gasteiger partial charge in [-0.25, -0.2) is 0 Å². The average molecular weight is 143 g/mol. The molecule has 0 spiro atoms. The molecule has 1 aliphatic heterocycles. The highest BCUT2D eigenvalue weighted by atomic mass is 16.1. The number of rotatable bonds is 0. The Balaban J connectivity index is 2.66. The molecule has 0 aliphatic carbocycles. The Bertz CT molecular complexity index is 322. The third-order valence-corrected chi connectivity index (χ3v) is 1.88. The molecule has 52 valence electrons. The SMILES string of the molecule is [B]c1cccc2c1CNC2=O. The predicted molar refractivity (Wildman–Crippen MR) is 43.0 cm³/mol. The van der Waals surface area contributed by atoms with Crippen molar-refractivity contribution in [1.29, 1.82) is 0 Å². The number of hydrogen-bond acceptors (Lipinski definition) is 1. The first-order valence-corrected chi connectivity index (χ1v) is 3.44. The molecule has 2 radical (unpaired) electrons. The van der Waals surface area contributed by atoms with Gasteiger partial charge in [0.2, 0.25) is 0 Å². The summed E-state index contributed by atoms with van der Waals surface area (Å²) in [6.07, 6.45) is 0. The van der Waals surface area contributed by atoms with Crippen molar-refractivity contribution < 1.29 is 4.79 Å². The standard InChI is InChI=1S/C8H6BNO/c9-7-3-1-2-5-6(7)4-10-8(5)11/h1-3H,4H2,(H,10,11). The first-order chi connectivity index (χ1) is 5.29. The molecule has 0 atom stereocenters. The molecule has 1 aromatic rings. The summed E-state index contributed by atoms with van der Waals surface area (Å²) in [5.74, 6) is -0.0210. The second-order valence-electron chi connectivity index (χ2n) is 2.56. The lowest BCUT2D eigenvalue weighted by molar-refractivity contribution is 0.0966. The smallest absolute Gasteiger partial charge is 0.251 e. The van der Waals surface area contributed by atoms with Crippen LogP contribution < -0.4 is 10.8 Å². The lowest BCUT2D eigenvalue weighted by Crippen LogP contribution is -2.12. The van der Waals surface area contributed by atoms with Gasteiger partial charge in [0.1, 0.15) is 7.85 Å². The van der Waals surface area contributed by atoms with E-state index in [1.807, 2.05) is 0 Å². The van der Waals surface area contributed by atoms with E-state index in [9.17, 15) is 4.79 Å². The molecule has 3 heteroatoms. The van der Waals surface area contributed by atoms with Crippen molar-refractivity contribution in [3.05, 3.63) is 29.3 Å². The summed E-state index contributed by atoms with van der Waals surface area (Å²) in [6, 6.07) is 5.38. The molecular formula is C8H6BNO. The van der Waals surface area contributed by atoms with Crippen molar-refractivity contribution >= 4 is 19.2 Å². The van der Waals surface area contributed by atoms with E-state index in [0.29, 0.717) is 17.6 Å². The van der Waals surface area contributed by atoms with E-state index in [1.54, 1.807) is 18.2 Å². The Labute approximate surface area is 66.0 Å². The zero-order valence-electron chi connectivity index (χ0n) is 5.92. The molecule has 1 amide bonds. The predicted octanol–water partition coefficient (Wildman–Crippen LogP) is -0.276. The van der Waals surface area contributed by atoms with Gasteiger partial charge in [0, 0.05) is 12.1 Å². The third kappa shape index (κ3) is 0.844. The quantitative estimate of drug-likeness (QED) is 0.497. The lowest BCUT2D eigenvalue weighted by Gasteiger charge is -1.98. The normalized spacial score (nSPS) is 14.4. The van der Waals surface area contributed by atoms with Crippen LogP contribution in [0.3, 0.4) is 0 Å². The van der Waals surface area contributed by atoms with Crippen LogP contribution in [0.2, 0.25) is 0 Å². The summed E-state index contributed by atoms with van der Waals surface area (Å²) in [4.78, 5) is 11.1. The zero-order valence-corrected chi connectivity index (χ0v) is 5.92. The van der Waals surface area contributed by atoms with E-state index in [1.165, 1.54) is 0 Å². The van der Waals surface area contributed by atoms with Crippen LogP contribution in [-0.2, 0) is 6.54 Å². The highest BCUT2D eigenvalue weighted by Crippen LogP contribution is 2.11. The molecule has 1 aromatic carbocycles. The van der Waals surface area contributed by atoms with Crippen LogP contribution >= 0.6 is 0 Å². The molecular weight excluding hydrogens is 137 g/mol. The Morgan fingerprint density at radius 3 is 3.00 bits per heavy atom. The topological polar surface area (TPSA) is 29.1 Å². The number of benzene rings is 1. The molecule has 0 saturated carbocycles. The van der Waals surface area contributed by atoms with Crippen LogP contribution in [0.25, 0.3) is 0 Å². The van der Waals surface area contributed by atoms with E-state index in [0.717, 1.165) is 5.56 Å². The van der Waals surface area contributed by atoms with Gasteiger partial charge in [0.25, 0.3) is 5.91 Å². The van der Waals surface area contributed by atoms with Crippen molar-refractivity contribution in [3.8, 4) is 0 Å². The van der Waals surface area contributed by atoms with E-state index in [2.05, 4.69) is 5.32 Å². The van der Waals surface area contributed by atoms with Gasteiger partial charge in [0.15, 0.2) is 0 Å². The highest BCUT2D eigenvalue weighted by Gasteiger charge is 2.18. The number of carbonyl (C=O) groups excluding carboxylic acids is 1. The fraction of sp³-hybridized carbons (Fsp3) is 0.125. The van der Waals surface area contributed by atoms with Crippen LogP contribution in [0.1, 0.15) is 15.9 Å². The molecule has 0 saturated heterocycles. The summed E-state index contributed by atoms with van der Waals surface area (Å²) in [5.41, 5.74) is 2.34. The maximum Gasteiger partial charge on any atom is 0.251 e. The minimum absolute atomic E-state index is 0.0210. The molecule has 1 N–H and O–H groups in total. The molecule has 1 aliphatic rings. The molecule has 0 unspecified atom stereocenters. The zero-order chi connectivity index (χ0) is 7.84. The lowest BCUT2D eigenvalue weighted by atomic mass is 9.89. The molecule has 2 nitrogen and oxygen atoms in total. The van der Waals surface area contributed by atoms with Gasteiger partial charge in [-0.3, -0.25) is 4.79 Å². The number of fused-ring (bicyclic) bond motifs is 1. The minimum atomic E-state index is -0.0210. The molecule has 2 rings (SSSR count). The number of nitrogens with one attached hydrogen (secondary N) is 1. The summed E-state index contributed by atoms with van der Waals surface area (Å²) in [6.45, 7) is 0.570. The van der Waals surface area contributed by atoms with Crippen molar-refractivity contribution in [3.63, 3.8) is 0 Å². The van der Waals surface area contributed by atoms with Gasteiger partial charge < -0.3 is 5.32 Å². The van der Waals surface area contributed by atoms with E-state index in [-0.39, 0.29) is 5.91 Å². The van der Waals surface area contributed by atoms with Gasteiger partial charge in [-0.15, -0.1) is 0 Å². The van der Waals surface area contributed by atoms with Crippen LogP contribution in [0.15, 0.2) is 18.2 Å². The molecule has 0 bridgehead atoms. The molecule has 0 aromatic heterocycles. The second kappa shape index (κ2) is 2.12. The number of hydrogen-bond donors (Lipinski definition) is 1. The van der Waals surface area contributed by atoms with E-state index < -0.39 is 0 Å². The van der Waals surface area contributed by atoms with Crippen LogP contribution in [0.4, 0.5) is 0 Å². The highest BCUT2D eigenvalue weighted by molar-refractivity contribution is 6.34. The van der Waals surface area contributed by atoms with Crippen LogP contribution in [0, 0.1) is 0 Å². The van der Waals surface area contributed by atoms with Gasteiger partial charge >= 0.3 is 0 Å². The molecule has 11 heavy (non-hydrogen) atoms. The Hall–Kier alpha value is -1.25. The maximum absolute atomic E-state index is 11.1. The summed E-state index contributed by atoms with van der Waals surface area (Å²) in [5, 5.41) is 2.71. The first-order valence-electron chi connectivity index (χ1n) is 3.44. The van der Waals surface area contributed by atoms with Crippen LogP contribution in [-0.4, -0.2) is 13.8 Å². The molecule has 0 fully saturated rings. The van der Waals surface area contributed by atoms with E-state index >= 15 is 0 Å². The third-order valence-electron chi connectivity index (χ3n) is 1.88. The van der Waals surface area contributed by atoms with E-state index in [4.69, 9.17) is 7.85 Å². The van der Waals surface area contributed by atoms with Gasteiger partial charge in [-0.1, -0.05) is 17.6 Å². The van der Waals surface area contributed by atoms with Crippen molar-refractivity contribution in [2.75, 3.05) is 0 Å². The fourth-order valence-corrected chi connectivity index (χ4v) is 1.28. The summed E-state index contributed by atoms with van der Waals surface area (Å²) >= 11 is 0. The van der Waals surface area contributed by atoms with Crippen molar-refractivity contribution in [2.24, 2.45) is 0 Å². The number of carbonyl (C=O) groups is 1. The Morgan fingerprint density at radius 2 is 2.27 bits per heavy atom. The van der Waals surface area contributed by atoms with Gasteiger partial charge in [-0.2, -0.15) is 0 Å². The summed E-state index contributed by atoms with van der Waals surface area (Å²) in [7, 11) is 5.64. The Kier molecular flexibility index (Phi) is 1.25. The average Bonchev–Trinajstić information content (AvgIpc) is 2.35. The fourth-order valence-electron chi connectivity index (χ4n) is 1.28. The number of amides is 1. The van der Waals surface area contributed by atoms with Gasteiger partial charge in [0.05, 0.1) is 0 Å². The van der Waals surface area contributed by atoms with Gasteiger partial charge in [-0.05, 0) is 11.6 Å². The van der Waals surface area contributed by atoms with Crippen molar-refractivity contribution in [2.45, 2.75) is 6.54 Å². The largest absolute Gasteiger partial charge is 0.348 e. The monoisotopic (exact) mass is 143 g/mol. The summed E-state index contributed by atoms with van der Waals surface area (Å²) < 4.78 is 0. The maximum atomic E-state index is 11.1. The Morgan fingerprint density at radius 1 is 1.45 bits per heavy atom. The van der Waals surface area contributed by atoms with Crippen molar-refractivity contribution in [1.82, 2.24) is 5.32 Å².